The van der Waals surface area contributed by atoms with Gasteiger partial charge in [0.25, 0.3) is 0 Å². The number of pyridine rings is 2. The molecule has 0 N–H and O–H groups in total. The summed E-state index contributed by atoms with van der Waals surface area (Å²) in [5.41, 5.74) is 8.61. The Labute approximate surface area is 334 Å². The van der Waals surface area contributed by atoms with Crippen LogP contribution in [-0.4, -0.2) is 27.2 Å². The van der Waals surface area contributed by atoms with Gasteiger partial charge in [-0.05, 0) is 95.3 Å². The van der Waals surface area contributed by atoms with Crippen LogP contribution in [-0.2, 0) is 0 Å². The highest BCUT2D eigenvalue weighted by Crippen LogP contribution is 2.40. The van der Waals surface area contributed by atoms with Crippen LogP contribution in [0.5, 0.6) is 0 Å². The third-order valence-corrected chi connectivity index (χ3v) is 16.5. The average Bonchev–Trinajstić information content (AvgIpc) is 3.96. The maximum atomic E-state index is 6.59. The standard InChI is InChI=1S/C52H34N4OSi/c1-5-20-44-39(16-1)40-17-2-6-21-45(40)56(44)36-14-13-15-38(34-36)58(49-24-9-11-32-53-49,50-25-10-12-33-54-50)37-28-26-35(27-29-37)55-46-22-7-3-19-43(46)51-47(55)31-30-42-41-18-4-8-23-48(41)57-52(42)51/h1-34H. The molecule has 0 amide bonds. The lowest BCUT2D eigenvalue weighted by Gasteiger charge is -2.32. The van der Waals surface area contributed by atoms with Crippen LogP contribution in [0.15, 0.2) is 211 Å². The van der Waals surface area contributed by atoms with Gasteiger partial charge in [-0.15, -0.1) is 0 Å². The molecule has 12 aromatic rings. The number of hydrogen-bond donors (Lipinski definition) is 0. The number of rotatable bonds is 6. The summed E-state index contributed by atoms with van der Waals surface area (Å²) < 4.78 is 11.4. The molecule has 0 atom stereocenters. The summed E-state index contributed by atoms with van der Waals surface area (Å²) in [6, 6.07) is 69.6. The van der Waals surface area contributed by atoms with Gasteiger partial charge in [0.15, 0.2) is 0 Å². The van der Waals surface area contributed by atoms with Gasteiger partial charge >= 0.3 is 0 Å². The minimum Gasteiger partial charge on any atom is -0.455 e. The largest absolute Gasteiger partial charge is 0.455 e. The average molecular weight is 759 g/mol. The van der Waals surface area contributed by atoms with Gasteiger partial charge in [0.05, 0.1) is 27.5 Å². The molecule has 0 unspecified atom stereocenters. The fourth-order valence-corrected chi connectivity index (χ4v) is 13.9. The molecule has 12 rings (SSSR count). The second kappa shape index (κ2) is 12.7. The van der Waals surface area contributed by atoms with Crippen LogP contribution in [0.25, 0.3) is 76.9 Å². The first-order chi connectivity index (χ1) is 28.8. The number of hydrogen-bond acceptors (Lipinski definition) is 3. The second-order valence-corrected chi connectivity index (χ2v) is 18.6. The number of nitrogens with zero attached hydrogens (tertiary/aromatic N) is 4. The van der Waals surface area contributed by atoms with Crippen molar-refractivity contribution in [3.8, 4) is 11.4 Å². The Morgan fingerprint density at radius 2 is 0.948 bits per heavy atom. The Morgan fingerprint density at radius 1 is 0.379 bits per heavy atom. The fraction of sp³-hybridized carbons (Fsp3) is 0. The Balaban J connectivity index is 1.10. The molecule has 0 saturated carbocycles. The van der Waals surface area contributed by atoms with E-state index in [0.717, 1.165) is 60.4 Å². The molecule has 0 radical (unpaired) electrons. The molecule has 7 aromatic carbocycles. The molecule has 0 bridgehead atoms. The van der Waals surface area contributed by atoms with E-state index in [1.54, 1.807) is 0 Å². The summed E-state index contributed by atoms with van der Waals surface area (Å²) in [5.74, 6) is 0. The number of para-hydroxylation sites is 4. The third-order valence-electron chi connectivity index (χ3n) is 12.0. The zero-order valence-corrected chi connectivity index (χ0v) is 32.3. The van der Waals surface area contributed by atoms with Crippen molar-refractivity contribution >= 4 is 94.6 Å². The van der Waals surface area contributed by atoms with E-state index in [-0.39, 0.29) is 0 Å². The van der Waals surface area contributed by atoms with Crippen LogP contribution in [0.3, 0.4) is 0 Å². The molecule has 0 fully saturated rings. The SMILES string of the molecule is c1ccc([Si](c2ccc(-n3c4ccccc4c4c5oc6ccccc6c5ccc43)cc2)(c2cccc(-n3c4ccccc4c4ccccc43)c2)c2ccccn2)nc1. The van der Waals surface area contributed by atoms with Crippen LogP contribution < -0.4 is 21.0 Å². The van der Waals surface area contributed by atoms with Crippen molar-refractivity contribution in [3.63, 3.8) is 0 Å². The molecular weight excluding hydrogens is 725 g/mol. The molecule has 6 heteroatoms. The molecule has 0 aliphatic carbocycles. The van der Waals surface area contributed by atoms with Crippen molar-refractivity contribution in [2.24, 2.45) is 0 Å². The highest BCUT2D eigenvalue weighted by molar-refractivity contribution is 7.19. The van der Waals surface area contributed by atoms with Gasteiger partial charge in [0.2, 0.25) is 8.07 Å². The van der Waals surface area contributed by atoms with Crippen molar-refractivity contribution in [2.75, 3.05) is 0 Å². The van der Waals surface area contributed by atoms with Crippen LogP contribution >= 0.6 is 0 Å². The van der Waals surface area contributed by atoms with Crippen LogP contribution in [0.2, 0.25) is 0 Å². The van der Waals surface area contributed by atoms with Gasteiger partial charge in [-0.3, -0.25) is 9.97 Å². The molecule has 0 spiro atoms. The van der Waals surface area contributed by atoms with Crippen molar-refractivity contribution in [2.45, 2.75) is 0 Å². The lowest BCUT2D eigenvalue weighted by atomic mass is 10.1. The maximum absolute atomic E-state index is 6.59. The highest BCUT2D eigenvalue weighted by atomic mass is 28.3. The quantitative estimate of drug-likeness (QED) is 0.159. The van der Waals surface area contributed by atoms with E-state index in [9.17, 15) is 0 Å². The Morgan fingerprint density at radius 3 is 1.60 bits per heavy atom. The summed E-state index contributed by atoms with van der Waals surface area (Å²) in [6.45, 7) is 0. The molecule has 272 valence electrons. The van der Waals surface area contributed by atoms with Crippen LogP contribution in [0.4, 0.5) is 0 Å². The topological polar surface area (TPSA) is 48.8 Å². The van der Waals surface area contributed by atoms with Crippen molar-refractivity contribution in [1.29, 1.82) is 0 Å². The van der Waals surface area contributed by atoms with E-state index in [2.05, 4.69) is 185 Å². The van der Waals surface area contributed by atoms with Crippen molar-refractivity contribution < 1.29 is 4.42 Å². The van der Waals surface area contributed by atoms with E-state index in [4.69, 9.17) is 14.4 Å². The number of benzene rings is 7. The zero-order valence-electron chi connectivity index (χ0n) is 31.3. The second-order valence-electron chi connectivity index (χ2n) is 14.9. The number of fused-ring (bicyclic) bond motifs is 10. The first-order valence-corrected chi connectivity index (χ1v) is 21.7. The van der Waals surface area contributed by atoms with Gasteiger partial charge < -0.3 is 13.6 Å². The van der Waals surface area contributed by atoms with Gasteiger partial charge in [-0.2, -0.15) is 0 Å². The van der Waals surface area contributed by atoms with E-state index in [0.29, 0.717) is 0 Å². The molecule has 0 saturated heterocycles. The normalized spacial score (nSPS) is 12.1. The zero-order chi connectivity index (χ0) is 38.2. The van der Waals surface area contributed by atoms with Crippen LogP contribution in [0, 0.1) is 0 Å². The van der Waals surface area contributed by atoms with Crippen molar-refractivity contribution in [1.82, 2.24) is 19.1 Å². The Bertz CT molecular complexity index is 3420. The molecule has 5 heterocycles. The lowest BCUT2D eigenvalue weighted by molar-refractivity contribution is 0.673. The highest BCUT2D eigenvalue weighted by Gasteiger charge is 2.44. The predicted octanol–water partition coefficient (Wildman–Crippen LogP) is 9.95. The van der Waals surface area contributed by atoms with Gasteiger partial charge in [0, 0.05) is 61.3 Å². The summed E-state index contributed by atoms with van der Waals surface area (Å²) in [5, 5.41) is 11.5. The first kappa shape index (κ1) is 32.7. The van der Waals surface area contributed by atoms with Gasteiger partial charge in [-0.25, -0.2) is 0 Å². The van der Waals surface area contributed by atoms with E-state index in [1.807, 2.05) is 30.6 Å². The summed E-state index contributed by atoms with van der Waals surface area (Å²) in [6.07, 6.45) is 3.84. The van der Waals surface area contributed by atoms with Crippen LogP contribution in [0.1, 0.15) is 0 Å². The third kappa shape index (κ3) is 4.63. The maximum Gasteiger partial charge on any atom is 0.223 e. The predicted molar refractivity (Wildman–Crippen MR) is 242 cm³/mol. The summed E-state index contributed by atoms with van der Waals surface area (Å²) in [7, 11) is -3.11. The molecule has 58 heavy (non-hydrogen) atoms. The molecule has 0 aliphatic heterocycles. The summed E-state index contributed by atoms with van der Waals surface area (Å²) >= 11 is 0. The lowest BCUT2D eigenvalue weighted by Crippen LogP contribution is -2.76. The van der Waals surface area contributed by atoms with E-state index >= 15 is 0 Å². The van der Waals surface area contributed by atoms with Gasteiger partial charge in [0.1, 0.15) is 11.2 Å². The molecule has 0 aliphatic rings. The van der Waals surface area contributed by atoms with E-state index < -0.39 is 8.07 Å². The minimum atomic E-state index is -3.11. The fourth-order valence-electron chi connectivity index (χ4n) is 9.51. The van der Waals surface area contributed by atoms with Crippen molar-refractivity contribution in [3.05, 3.63) is 207 Å². The molecular formula is C52H34N4OSi. The number of aromatic nitrogens is 4. The van der Waals surface area contributed by atoms with Gasteiger partial charge in [-0.1, -0.05) is 109 Å². The van der Waals surface area contributed by atoms with E-state index in [1.165, 1.54) is 37.6 Å². The minimum absolute atomic E-state index is 0.902. The smallest absolute Gasteiger partial charge is 0.223 e. The first-order valence-electron chi connectivity index (χ1n) is 19.7. The Hall–Kier alpha value is -7.54. The monoisotopic (exact) mass is 758 g/mol. The molecule has 5 nitrogen and oxygen atoms in total. The molecule has 5 aromatic heterocycles. The summed E-state index contributed by atoms with van der Waals surface area (Å²) in [4.78, 5) is 10.3. The number of furan rings is 1. The Kier molecular flexibility index (Phi) is 7.18.